The van der Waals surface area contributed by atoms with Crippen molar-refractivity contribution in [3.8, 4) is 0 Å². The Labute approximate surface area is 197 Å². The number of aromatic nitrogens is 1. The fourth-order valence-corrected chi connectivity index (χ4v) is 7.06. The van der Waals surface area contributed by atoms with Crippen molar-refractivity contribution < 1.29 is 14.4 Å². The molecule has 0 bridgehead atoms. The van der Waals surface area contributed by atoms with Crippen LogP contribution in [0.25, 0.3) is 6.08 Å². The molecule has 0 spiro atoms. The van der Waals surface area contributed by atoms with Crippen molar-refractivity contribution >= 4 is 54.5 Å². The van der Waals surface area contributed by atoms with E-state index in [1.54, 1.807) is 12.3 Å². The maximum absolute atomic E-state index is 12.7. The second-order valence-electron chi connectivity index (χ2n) is 8.60. The number of anilines is 3. The van der Waals surface area contributed by atoms with Crippen LogP contribution in [0.1, 0.15) is 29.4 Å². The third-order valence-corrected chi connectivity index (χ3v) is 8.47. The van der Waals surface area contributed by atoms with Crippen molar-refractivity contribution in [3.63, 3.8) is 0 Å². The van der Waals surface area contributed by atoms with Gasteiger partial charge in [-0.15, -0.1) is 0 Å². The summed E-state index contributed by atoms with van der Waals surface area (Å²) in [5.41, 5.74) is 3.16. The number of rotatable bonds is 2. The number of amides is 4. The average molecular weight is 505 g/mol. The van der Waals surface area contributed by atoms with Crippen molar-refractivity contribution in [2.24, 2.45) is 0 Å². The first-order valence-corrected chi connectivity index (χ1v) is 12.2. The van der Waals surface area contributed by atoms with Crippen LogP contribution in [-0.4, -0.2) is 61.2 Å². The molecule has 1 saturated heterocycles. The molecule has 1 fully saturated rings. The van der Waals surface area contributed by atoms with Crippen molar-refractivity contribution in [2.75, 3.05) is 19.0 Å². The van der Waals surface area contributed by atoms with E-state index in [4.69, 9.17) is 0 Å². The number of pyridine rings is 1. The van der Waals surface area contributed by atoms with E-state index in [0.717, 1.165) is 35.9 Å². The molecule has 2 aliphatic rings. The predicted octanol–water partition coefficient (Wildman–Crippen LogP) is 3.68. The number of benzene rings is 1. The molecule has 0 unspecified atom stereocenters. The number of carbonyl (C=O) groups excluding carboxylic acids is 3. The van der Waals surface area contributed by atoms with Gasteiger partial charge in [-0.1, -0.05) is 0 Å². The van der Waals surface area contributed by atoms with Crippen LogP contribution in [0.15, 0.2) is 60.3 Å². The first-order valence-electron chi connectivity index (χ1n) is 10.5. The SMILES string of the molecule is CN1C(=O)C(=Cc2cc3c([se]2)N(c2ccccn2)c2ccccc2C3(C)C)C(=O)N(C)C1=O. The van der Waals surface area contributed by atoms with Gasteiger partial charge in [0.25, 0.3) is 0 Å². The van der Waals surface area contributed by atoms with Gasteiger partial charge < -0.3 is 0 Å². The molecule has 0 saturated carbocycles. The van der Waals surface area contributed by atoms with Crippen LogP contribution >= 0.6 is 0 Å². The molecule has 3 aromatic rings. The Morgan fingerprint density at radius 3 is 2.24 bits per heavy atom. The number of nitrogens with zero attached hydrogens (tertiary/aromatic N) is 4. The van der Waals surface area contributed by atoms with E-state index in [0.29, 0.717) is 0 Å². The summed E-state index contributed by atoms with van der Waals surface area (Å²) in [6, 6.07) is 15.6. The van der Waals surface area contributed by atoms with Gasteiger partial charge in [-0.3, -0.25) is 0 Å². The molecule has 1 aromatic carbocycles. The van der Waals surface area contributed by atoms with E-state index in [1.807, 2.05) is 30.3 Å². The van der Waals surface area contributed by atoms with Crippen LogP contribution in [0, 0.1) is 0 Å². The van der Waals surface area contributed by atoms with Crippen LogP contribution in [0.3, 0.4) is 0 Å². The van der Waals surface area contributed by atoms with Crippen molar-refractivity contribution in [1.29, 1.82) is 0 Å². The first kappa shape index (κ1) is 21.4. The summed E-state index contributed by atoms with van der Waals surface area (Å²) in [4.78, 5) is 46.3. The average Bonchev–Trinajstić information content (AvgIpc) is 3.25. The fourth-order valence-electron chi connectivity index (χ4n) is 4.37. The minimum atomic E-state index is -0.622. The summed E-state index contributed by atoms with van der Waals surface area (Å²) < 4.78 is 2.03. The van der Waals surface area contributed by atoms with Gasteiger partial charge in [0.1, 0.15) is 0 Å². The first-order chi connectivity index (χ1) is 15.7. The van der Waals surface area contributed by atoms with Gasteiger partial charge >= 0.3 is 198 Å². The van der Waals surface area contributed by atoms with Gasteiger partial charge in [-0.25, -0.2) is 0 Å². The Balaban J connectivity index is 1.69. The summed E-state index contributed by atoms with van der Waals surface area (Å²) in [6.07, 6.45) is 3.43. The molecule has 5 rings (SSSR count). The summed E-state index contributed by atoms with van der Waals surface area (Å²) >= 11 is -0.177. The Morgan fingerprint density at radius 2 is 1.58 bits per heavy atom. The van der Waals surface area contributed by atoms with E-state index < -0.39 is 17.8 Å². The van der Waals surface area contributed by atoms with Crippen molar-refractivity contribution in [1.82, 2.24) is 14.8 Å². The number of carbonyl (C=O) groups is 3. The number of likely N-dealkylation sites (N-methyl/N-ethyl adjacent to an activating group) is 2. The predicted molar refractivity (Wildman–Crippen MR) is 127 cm³/mol. The molecular formula is C25H22N4O3Se. The minimum absolute atomic E-state index is 0.00674. The van der Waals surface area contributed by atoms with E-state index in [9.17, 15) is 14.4 Å². The van der Waals surface area contributed by atoms with Gasteiger partial charge in [0, 0.05) is 0 Å². The monoisotopic (exact) mass is 506 g/mol. The second kappa shape index (κ2) is 7.54. The van der Waals surface area contributed by atoms with Crippen molar-refractivity contribution in [3.05, 3.63) is 75.9 Å². The van der Waals surface area contributed by atoms with Crippen LogP contribution in [0.5, 0.6) is 0 Å². The van der Waals surface area contributed by atoms with Gasteiger partial charge in [0.05, 0.1) is 0 Å². The molecule has 4 amide bonds. The summed E-state index contributed by atoms with van der Waals surface area (Å²) in [6.45, 7) is 4.38. The molecular weight excluding hydrogens is 483 g/mol. The number of barbiturate groups is 1. The topological polar surface area (TPSA) is 73.8 Å². The van der Waals surface area contributed by atoms with Crippen molar-refractivity contribution in [2.45, 2.75) is 19.3 Å². The molecule has 0 aliphatic carbocycles. The molecule has 166 valence electrons. The number of para-hydroxylation sites is 1. The van der Waals surface area contributed by atoms with Gasteiger partial charge in [-0.2, -0.15) is 0 Å². The summed E-state index contributed by atoms with van der Waals surface area (Å²) in [5, 5.41) is 0. The molecule has 4 heterocycles. The van der Waals surface area contributed by atoms with Gasteiger partial charge in [0.15, 0.2) is 0 Å². The zero-order valence-corrected chi connectivity index (χ0v) is 20.4. The van der Waals surface area contributed by atoms with E-state index >= 15 is 0 Å². The molecule has 2 aliphatic heterocycles. The molecule has 0 radical (unpaired) electrons. The number of fused-ring (bicyclic) bond motifs is 2. The normalized spacial score (nSPS) is 17.3. The quantitative estimate of drug-likeness (QED) is 0.302. The van der Waals surface area contributed by atoms with E-state index in [-0.39, 0.29) is 25.5 Å². The second-order valence-corrected chi connectivity index (χ2v) is 10.8. The fraction of sp³-hybridized carbons (Fsp3) is 0.200. The summed E-state index contributed by atoms with van der Waals surface area (Å²) in [7, 11) is 2.78. The Morgan fingerprint density at radius 1 is 0.909 bits per heavy atom. The molecule has 8 heteroatoms. The third-order valence-electron chi connectivity index (χ3n) is 6.24. The van der Waals surface area contributed by atoms with E-state index in [2.05, 4.69) is 41.9 Å². The van der Waals surface area contributed by atoms with Crippen LogP contribution in [0.4, 0.5) is 20.9 Å². The number of imide groups is 2. The zero-order valence-electron chi connectivity index (χ0n) is 18.7. The Bertz CT molecular complexity index is 1320. The van der Waals surface area contributed by atoms with Crippen LogP contribution in [-0.2, 0) is 15.0 Å². The third kappa shape index (κ3) is 3.17. The maximum atomic E-state index is 12.7. The van der Waals surface area contributed by atoms with E-state index in [1.165, 1.54) is 19.7 Å². The summed E-state index contributed by atoms with van der Waals surface area (Å²) in [5.74, 6) is -0.324. The Hall–Kier alpha value is -3.48. The van der Waals surface area contributed by atoms with Gasteiger partial charge in [-0.05, 0) is 0 Å². The molecule has 33 heavy (non-hydrogen) atoms. The molecule has 0 N–H and O–H groups in total. The molecule has 7 nitrogen and oxygen atoms in total. The zero-order chi connectivity index (χ0) is 23.5. The Kier molecular flexibility index (Phi) is 4.88. The molecule has 2 aromatic heterocycles. The van der Waals surface area contributed by atoms with Crippen LogP contribution in [0.2, 0.25) is 0 Å². The molecule has 0 atom stereocenters. The standard InChI is InChI=1S/C25H22N4O3Se/c1-25(2)17-9-5-6-10-19(17)29(20-11-7-8-12-26-20)23-18(25)14-15(33-23)13-16-21(30)27(3)24(32)28(4)22(16)31/h5-14H,1-4H3. The van der Waals surface area contributed by atoms with Crippen LogP contribution < -0.4 is 4.90 Å². The van der Waals surface area contributed by atoms with Gasteiger partial charge in [0.2, 0.25) is 0 Å². The number of hydrogen-bond acceptors (Lipinski definition) is 5. The number of hydrogen-bond donors (Lipinski definition) is 0. The number of urea groups is 1.